The van der Waals surface area contributed by atoms with Crippen molar-refractivity contribution in [2.75, 3.05) is 26.2 Å². The standard InChI is InChI=1S/C20H24N6O/c1-17-4-2-5-18(14-17)15-23-10-12-24(13-11-23)20(27)19-6-9-26(22-19)16-25-8-3-7-21-25/h2-9,14H,10-13,15-16H2,1H3. The van der Waals surface area contributed by atoms with Gasteiger partial charge < -0.3 is 4.90 Å². The Balaban J connectivity index is 1.31. The maximum absolute atomic E-state index is 12.7. The van der Waals surface area contributed by atoms with Crippen molar-refractivity contribution in [3.63, 3.8) is 0 Å². The SMILES string of the molecule is Cc1cccc(CN2CCN(C(=O)c3ccn(Cn4cccn4)n3)CC2)c1. The largest absolute Gasteiger partial charge is 0.335 e. The highest BCUT2D eigenvalue weighted by molar-refractivity contribution is 5.92. The Hall–Kier alpha value is -2.93. The van der Waals surface area contributed by atoms with Crippen LogP contribution in [0, 0.1) is 6.92 Å². The zero-order valence-electron chi connectivity index (χ0n) is 15.5. The first-order chi connectivity index (χ1) is 13.2. The van der Waals surface area contributed by atoms with Crippen LogP contribution in [0.5, 0.6) is 0 Å². The lowest BCUT2D eigenvalue weighted by molar-refractivity contribution is 0.0621. The molecule has 3 aromatic rings. The lowest BCUT2D eigenvalue weighted by Crippen LogP contribution is -2.48. The molecule has 1 aromatic carbocycles. The van der Waals surface area contributed by atoms with Gasteiger partial charge in [-0.1, -0.05) is 29.8 Å². The molecule has 1 amide bonds. The summed E-state index contributed by atoms with van der Waals surface area (Å²) in [5, 5.41) is 8.57. The summed E-state index contributed by atoms with van der Waals surface area (Å²) in [7, 11) is 0. The summed E-state index contributed by atoms with van der Waals surface area (Å²) < 4.78 is 3.50. The van der Waals surface area contributed by atoms with Gasteiger partial charge in [0.25, 0.3) is 5.91 Å². The third-order valence-corrected chi connectivity index (χ3v) is 4.86. The highest BCUT2D eigenvalue weighted by atomic mass is 16.2. The van der Waals surface area contributed by atoms with E-state index in [9.17, 15) is 4.79 Å². The summed E-state index contributed by atoms with van der Waals surface area (Å²) in [5.74, 6) is 0.00409. The van der Waals surface area contributed by atoms with E-state index in [1.807, 2.05) is 23.4 Å². The summed E-state index contributed by atoms with van der Waals surface area (Å²) in [5.41, 5.74) is 3.11. The number of nitrogens with zero attached hydrogens (tertiary/aromatic N) is 6. The van der Waals surface area contributed by atoms with Gasteiger partial charge in [-0.2, -0.15) is 10.2 Å². The van der Waals surface area contributed by atoms with E-state index in [4.69, 9.17) is 0 Å². The fourth-order valence-electron chi connectivity index (χ4n) is 3.43. The minimum absolute atomic E-state index is 0.00409. The molecule has 1 aliphatic rings. The minimum Gasteiger partial charge on any atom is -0.335 e. The Morgan fingerprint density at radius 3 is 2.63 bits per heavy atom. The average Bonchev–Trinajstić information content (AvgIpc) is 3.34. The first kappa shape index (κ1) is 17.5. The maximum Gasteiger partial charge on any atom is 0.274 e. The van der Waals surface area contributed by atoms with Crippen molar-refractivity contribution in [3.8, 4) is 0 Å². The van der Waals surface area contributed by atoms with Crippen molar-refractivity contribution in [2.45, 2.75) is 20.1 Å². The molecule has 0 unspecified atom stereocenters. The van der Waals surface area contributed by atoms with Crippen LogP contribution in [0.25, 0.3) is 0 Å². The first-order valence-electron chi connectivity index (χ1n) is 9.25. The number of benzene rings is 1. The molecule has 0 saturated carbocycles. The van der Waals surface area contributed by atoms with Crippen LogP contribution < -0.4 is 0 Å². The van der Waals surface area contributed by atoms with Crippen LogP contribution in [-0.4, -0.2) is 61.4 Å². The Kier molecular flexibility index (Phi) is 5.02. The predicted octanol–water partition coefficient (Wildman–Crippen LogP) is 1.85. The molecule has 0 bridgehead atoms. The normalized spacial score (nSPS) is 15.2. The highest BCUT2D eigenvalue weighted by Gasteiger charge is 2.23. The Bertz CT molecular complexity index is 893. The molecule has 0 N–H and O–H groups in total. The third-order valence-electron chi connectivity index (χ3n) is 4.86. The number of carbonyl (C=O) groups is 1. The molecule has 0 atom stereocenters. The van der Waals surface area contributed by atoms with Crippen LogP contribution in [-0.2, 0) is 13.2 Å². The molecule has 4 rings (SSSR count). The van der Waals surface area contributed by atoms with Crippen LogP contribution in [0.4, 0.5) is 0 Å². The number of piperazine rings is 1. The lowest BCUT2D eigenvalue weighted by atomic mass is 10.1. The lowest BCUT2D eigenvalue weighted by Gasteiger charge is -2.34. The van der Waals surface area contributed by atoms with Gasteiger partial charge in [-0.25, -0.2) is 0 Å². The molecule has 7 heteroatoms. The Labute approximate surface area is 158 Å². The van der Waals surface area contributed by atoms with Crippen molar-refractivity contribution in [1.82, 2.24) is 29.4 Å². The van der Waals surface area contributed by atoms with Gasteiger partial charge in [0.05, 0.1) is 0 Å². The van der Waals surface area contributed by atoms with Gasteiger partial charge in [0.2, 0.25) is 0 Å². The molecule has 1 aliphatic heterocycles. The molecule has 27 heavy (non-hydrogen) atoms. The topological polar surface area (TPSA) is 59.2 Å². The van der Waals surface area contributed by atoms with Crippen LogP contribution in [0.3, 0.4) is 0 Å². The van der Waals surface area contributed by atoms with E-state index in [1.54, 1.807) is 21.6 Å². The van der Waals surface area contributed by atoms with E-state index in [-0.39, 0.29) is 5.91 Å². The van der Waals surface area contributed by atoms with E-state index in [2.05, 4.69) is 46.3 Å². The van der Waals surface area contributed by atoms with Gasteiger partial charge in [-0.3, -0.25) is 19.1 Å². The summed E-state index contributed by atoms with van der Waals surface area (Å²) in [4.78, 5) is 17.0. The van der Waals surface area contributed by atoms with Crippen LogP contribution in [0.15, 0.2) is 55.0 Å². The second-order valence-corrected chi connectivity index (χ2v) is 6.98. The molecule has 0 aliphatic carbocycles. The summed E-state index contributed by atoms with van der Waals surface area (Å²) in [6.45, 7) is 6.78. The van der Waals surface area contributed by atoms with Gasteiger partial charge >= 0.3 is 0 Å². The van der Waals surface area contributed by atoms with Gasteiger partial charge in [-0.05, 0) is 24.6 Å². The molecule has 1 saturated heterocycles. The molecule has 7 nitrogen and oxygen atoms in total. The highest BCUT2D eigenvalue weighted by Crippen LogP contribution is 2.12. The van der Waals surface area contributed by atoms with E-state index in [0.717, 1.165) is 32.7 Å². The van der Waals surface area contributed by atoms with Crippen molar-refractivity contribution >= 4 is 5.91 Å². The number of aromatic nitrogens is 4. The average molecular weight is 364 g/mol. The van der Waals surface area contributed by atoms with Gasteiger partial charge in [0, 0.05) is 51.3 Å². The first-order valence-corrected chi connectivity index (χ1v) is 9.25. The number of rotatable bonds is 5. The van der Waals surface area contributed by atoms with Crippen molar-refractivity contribution in [3.05, 3.63) is 71.8 Å². The number of aryl methyl sites for hydroxylation is 1. The van der Waals surface area contributed by atoms with Crippen molar-refractivity contribution < 1.29 is 4.79 Å². The molecule has 3 heterocycles. The third kappa shape index (κ3) is 4.25. The predicted molar refractivity (Wildman–Crippen MR) is 102 cm³/mol. The smallest absolute Gasteiger partial charge is 0.274 e. The molecule has 0 radical (unpaired) electrons. The maximum atomic E-state index is 12.7. The Morgan fingerprint density at radius 1 is 1.04 bits per heavy atom. The van der Waals surface area contributed by atoms with Crippen molar-refractivity contribution in [2.24, 2.45) is 0 Å². The minimum atomic E-state index is 0.00409. The summed E-state index contributed by atoms with van der Waals surface area (Å²) in [6.07, 6.45) is 5.42. The van der Waals surface area contributed by atoms with Gasteiger partial charge in [0.15, 0.2) is 0 Å². The van der Waals surface area contributed by atoms with Gasteiger partial charge in [0.1, 0.15) is 12.4 Å². The molecule has 2 aromatic heterocycles. The van der Waals surface area contributed by atoms with Gasteiger partial charge in [-0.15, -0.1) is 0 Å². The number of carbonyl (C=O) groups excluding carboxylic acids is 1. The van der Waals surface area contributed by atoms with Crippen molar-refractivity contribution in [1.29, 1.82) is 0 Å². The molecular weight excluding hydrogens is 340 g/mol. The van der Waals surface area contributed by atoms with Crippen LogP contribution in [0.2, 0.25) is 0 Å². The summed E-state index contributed by atoms with van der Waals surface area (Å²) >= 11 is 0. The second kappa shape index (κ2) is 7.75. The number of hydrogen-bond acceptors (Lipinski definition) is 4. The molecular formula is C20H24N6O. The molecule has 140 valence electrons. The fourth-order valence-corrected chi connectivity index (χ4v) is 3.43. The second-order valence-electron chi connectivity index (χ2n) is 6.98. The summed E-state index contributed by atoms with van der Waals surface area (Å²) in [6, 6.07) is 12.3. The number of hydrogen-bond donors (Lipinski definition) is 0. The Morgan fingerprint density at radius 2 is 1.89 bits per heavy atom. The zero-order chi connectivity index (χ0) is 18.6. The fraction of sp³-hybridized carbons (Fsp3) is 0.350. The van der Waals surface area contributed by atoms with E-state index < -0.39 is 0 Å². The van der Waals surface area contributed by atoms with Crippen LogP contribution >= 0.6 is 0 Å². The van der Waals surface area contributed by atoms with Crippen LogP contribution in [0.1, 0.15) is 21.6 Å². The molecule has 0 spiro atoms. The molecule has 1 fully saturated rings. The zero-order valence-corrected chi connectivity index (χ0v) is 15.5. The quantitative estimate of drug-likeness (QED) is 0.693. The number of amides is 1. The van der Waals surface area contributed by atoms with E-state index in [1.165, 1.54) is 11.1 Å². The monoisotopic (exact) mass is 364 g/mol. The van der Waals surface area contributed by atoms with E-state index in [0.29, 0.717) is 12.4 Å². The van der Waals surface area contributed by atoms with E-state index >= 15 is 0 Å².